The highest BCUT2D eigenvalue weighted by molar-refractivity contribution is 5.72. The molecule has 0 N–H and O–H groups in total. The summed E-state index contributed by atoms with van der Waals surface area (Å²) in [5.74, 6) is 0.415. The maximum atomic E-state index is 12.9. The van der Waals surface area contributed by atoms with Gasteiger partial charge in [0.05, 0.1) is 25.6 Å². The Balaban J connectivity index is 4.07. The van der Waals surface area contributed by atoms with Crippen LogP contribution in [0.15, 0.2) is 24.1 Å². The number of unbranched alkanes of at least 4 members (excludes halogenated alkanes) is 16. The molecule has 0 aromatic carbocycles. The number of ether oxygens (including phenoxy) is 3. The summed E-state index contributed by atoms with van der Waals surface area (Å²) in [6.07, 6.45) is 29.5. The number of carbonyl (C=O) groups is 3. The highest BCUT2D eigenvalue weighted by Gasteiger charge is 2.19. The minimum absolute atomic E-state index is 0.0126. The summed E-state index contributed by atoms with van der Waals surface area (Å²) >= 11 is 0. The minimum atomic E-state index is -0.120. The molecule has 0 aromatic heterocycles. The van der Waals surface area contributed by atoms with Crippen LogP contribution in [0.25, 0.3) is 0 Å². The molecule has 0 aliphatic rings. The molecule has 0 fully saturated rings. The molecule has 0 aliphatic heterocycles. The fourth-order valence-electron chi connectivity index (χ4n) is 6.46. The normalized spacial score (nSPS) is 12.8. The van der Waals surface area contributed by atoms with E-state index in [1.165, 1.54) is 70.6 Å². The average Bonchev–Trinajstić information content (AvgIpc) is 3.11. The van der Waals surface area contributed by atoms with Crippen LogP contribution in [0.2, 0.25) is 0 Å². The van der Waals surface area contributed by atoms with Crippen LogP contribution in [0.5, 0.6) is 0 Å². The quantitative estimate of drug-likeness (QED) is 0.0272. The predicted octanol–water partition coefficient (Wildman–Crippen LogP) is 11.7. The van der Waals surface area contributed by atoms with Gasteiger partial charge in [0.15, 0.2) is 0 Å². The minimum Gasteiger partial charge on any atom is -0.466 e. The summed E-state index contributed by atoms with van der Waals surface area (Å²) in [6.45, 7) is 12.3. The Morgan fingerprint density at radius 2 is 1.06 bits per heavy atom. The third-order valence-electron chi connectivity index (χ3n) is 9.88. The summed E-state index contributed by atoms with van der Waals surface area (Å²) in [4.78, 5) is 39.2. The standard InChI is InChI=1S/C45H81NO6/c1-7-10-29-40(4)38-43(47)50-35-27-23-19-15-13-17-21-25-32-42(45(49)52-37-34-46(5)6)33-26-22-18-14-16-20-24-28-36-51-44(48)39-41(30-11-8-2)31-12-9-3/h30,40-42H,2,7,9-10,12-29,31-39H2,1,3-6H3. The van der Waals surface area contributed by atoms with Gasteiger partial charge in [-0.05, 0) is 70.7 Å². The Morgan fingerprint density at radius 3 is 1.54 bits per heavy atom. The number of likely N-dealkylation sites (N-methyl/N-ethyl adjacent to an activating group) is 1. The van der Waals surface area contributed by atoms with Crippen molar-refractivity contribution in [2.24, 2.45) is 17.8 Å². The van der Waals surface area contributed by atoms with Crippen molar-refractivity contribution >= 4 is 17.9 Å². The number of rotatable bonds is 37. The highest BCUT2D eigenvalue weighted by atomic mass is 16.5. The lowest BCUT2D eigenvalue weighted by Gasteiger charge is -2.17. The predicted molar refractivity (Wildman–Crippen MR) is 216 cm³/mol. The molecule has 0 amide bonds. The number of allylic oxidation sites excluding steroid dienone is 1. The average molecular weight is 732 g/mol. The van der Waals surface area contributed by atoms with Crippen LogP contribution >= 0.6 is 0 Å². The zero-order valence-corrected chi connectivity index (χ0v) is 34.6. The Morgan fingerprint density at radius 1 is 0.596 bits per heavy atom. The number of hydrogen-bond donors (Lipinski definition) is 0. The zero-order valence-electron chi connectivity index (χ0n) is 34.6. The number of carbonyl (C=O) groups excluding carboxylic acids is 3. The summed E-state index contributed by atoms with van der Waals surface area (Å²) in [5, 5.41) is 0. The maximum absolute atomic E-state index is 12.9. The van der Waals surface area contributed by atoms with Crippen LogP contribution in [0.4, 0.5) is 0 Å². The molecule has 7 heteroatoms. The van der Waals surface area contributed by atoms with Crippen molar-refractivity contribution < 1.29 is 28.6 Å². The van der Waals surface area contributed by atoms with Gasteiger partial charge in [-0.15, -0.1) is 0 Å². The van der Waals surface area contributed by atoms with Gasteiger partial charge in [0.2, 0.25) is 0 Å². The Hall–Kier alpha value is -2.33. The van der Waals surface area contributed by atoms with E-state index >= 15 is 0 Å². The molecule has 0 radical (unpaired) electrons. The molecule has 0 heterocycles. The molecule has 0 spiro atoms. The maximum Gasteiger partial charge on any atom is 0.308 e. The molecule has 3 atom stereocenters. The molecule has 0 bridgehead atoms. The van der Waals surface area contributed by atoms with Crippen molar-refractivity contribution in [3.05, 3.63) is 24.1 Å². The largest absolute Gasteiger partial charge is 0.466 e. The Labute approximate surface area is 320 Å². The van der Waals surface area contributed by atoms with E-state index in [9.17, 15) is 14.4 Å². The van der Waals surface area contributed by atoms with Crippen LogP contribution < -0.4 is 0 Å². The lowest BCUT2D eigenvalue weighted by Crippen LogP contribution is -2.24. The second-order valence-electron chi connectivity index (χ2n) is 15.4. The molecular formula is C45H81NO6. The van der Waals surface area contributed by atoms with Gasteiger partial charge in [-0.1, -0.05) is 154 Å². The van der Waals surface area contributed by atoms with E-state index < -0.39 is 0 Å². The first-order valence-electron chi connectivity index (χ1n) is 21.5. The number of nitrogens with zero attached hydrogens (tertiary/aromatic N) is 1. The summed E-state index contributed by atoms with van der Waals surface area (Å²) < 4.78 is 16.6. The van der Waals surface area contributed by atoms with Gasteiger partial charge in [0.1, 0.15) is 6.61 Å². The van der Waals surface area contributed by atoms with E-state index in [0.29, 0.717) is 38.6 Å². The van der Waals surface area contributed by atoms with E-state index in [-0.39, 0.29) is 29.7 Å². The third-order valence-corrected chi connectivity index (χ3v) is 9.88. The van der Waals surface area contributed by atoms with E-state index in [1.54, 1.807) is 0 Å². The molecule has 0 aliphatic carbocycles. The summed E-state index contributed by atoms with van der Waals surface area (Å²) in [7, 11) is 4.00. The number of hydrogen-bond acceptors (Lipinski definition) is 7. The first-order valence-corrected chi connectivity index (χ1v) is 21.5. The first kappa shape index (κ1) is 49.7. The molecule has 0 aromatic rings. The summed E-state index contributed by atoms with van der Waals surface area (Å²) in [5.41, 5.74) is 5.54. The van der Waals surface area contributed by atoms with Crippen molar-refractivity contribution in [1.82, 2.24) is 4.90 Å². The SMILES string of the molecule is C=C=C=CC(CCCC)CC(=O)OCCCCCCCCCCC(CCCCCCCCCCOC(=O)CC(C)CCCC)C(=O)OCCN(C)C. The Kier molecular flexibility index (Phi) is 35.3. The highest BCUT2D eigenvalue weighted by Crippen LogP contribution is 2.22. The van der Waals surface area contributed by atoms with Crippen LogP contribution in [0.1, 0.15) is 188 Å². The van der Waals surface area contributed by atoms with E-state index in [2.05, 4.69) is 38.8 Å². The molecule has 3 unspecified atom stereocenters. The Bertz CT molecular complexity index is 951. The van der Waals surface area contributed by atoms with E-state index in [1.807, 2.05) is 25.1 Å². The smallest absolute Gasteiger partial charge is 0.308 e. The van der Waals surface area contributed by atoms with Gasteiger partial charge in [0, 0.05) is 13.0 Å². The molecule has 52 heavy (non-hydrogen) atoms. The molecule has 0 saturated heterocycles. The first-order chi connectivity index (χ1) is 25.2. The van der Waals surface area contributed by atoms with Gasteiger partial charge in [0.25, 0.3) is 0 Å². The molecule has 302 valence electrons. The fourth-order valence-corrected chi connectivity index (χ4v) is 6.46. The monoisotopic (exact) mass is 732 g/mol. The lowest BCUT2D eigenvalue weighted by molar-refractivity contribution is -0.149. The number of esters is 3. The van der Waals surface area contributed by atoms with Crippen LogP contribution in [0.3, 0.4) is 0 Å². The second kappa shape index (κ2) is 37.0. The topological polar surface area (TPSA) is 82.1 Å². The van der Waals surface area contributed by atoms with E-state index in [0.717, 1.165) is 90.0 Å². The van der Waals surface area contributed by atoms with Gasteiger partial charge in [-0.3, -0.25) is 14.4 Å². The van der Waals surface area contributed by atoms with Gasteiger partial charge < -0.3 is 19.1 Å². The third kappa shape index (κ3) is 33.5. The van der Waals surface area contributed by atoms with Crippen molar-refractivity contribution in [1.29, 1.82) is 0 Å². The molecule has 0 rings (SSSR count). The van der Waals surface area contributed by atoms with Crippen molar-refractivity contribution in [2.45, 2.75) is 188 Å². The van der Waals surface area contributed by atoms with Crippen molar-refractivity contribution in [2.75, 3.05) is 40.5 Å². The molecule has 0 saturated carbocycles. The van der Waals surface area contributed by atoms with Crippen LogP contribution in [-0.4, -0.2) is 63.3 Å². The van der Waals surface area contributed by atoms with Crippen LogP contribution in [-0.2, 0) is 28.6 Å². The van der Waals surface area contributed by atoms with Gasteiger partial charge >= 0.3 is 17.9 Å². The van der Waals surface area contributed by atoms with E-state index in [4.69, 9.17) is 14.2 Å². The second-order valence-corrected chi connectivity index (χ2v) is 15.4. The van der Waals surface area contributed by atoms with Crippen molar-refractivity contribution in [3.63, 3.8) is 0 Å². The fraction of sp³-hybridized carbons (Fsp3) is 0.844. The lowest BCUT2D eigenvalue weighted by atomic mass is 9.94. The molecular weight excluding hydrogens is 650 g/mol. The molecule has 7 nitrogen and oxygen atoms in total. The van der Waals surface area contributed by atoms with Gasteiger partial charge in [-0.25, -0.2) is 0 Å². The zero-order chi connectivity index (χ0) is 38.5. The van der Waals surface area contributed by atoms with Crippen LogP contribution in [0, 0.1) is 17.8 Å². The van der Waals surface area contributed by atoms with Crippen molar-refractivity contribution in [3.8, 4) is 0 Å². The summed E-state index contributed by atoms with van der Waals surface area (Å²) in [6, 6.07) is 0. The van der Waals surface area contributed by atoms with Gasteiger partial charge in [-0.2, -0.15) is 0 Å².